The van der Waals surface area contributed by atoms with Crippen LogP contribution in [-0.2, 0) is 5.60 Å². The van der Waals surface area contributed by atoms with E-state index in [9.17, 15) is 14.3 Å². The van der Waals surface area contributed by atoms with Gasteiger partial charge < -0.3 is 19.9 Å². The van der Waals surface area contributed by atoms with Crippen LogP contribution in [0.5, 0.6) is 11.5 Å². The van der Waals surface area contributed by atoms with Crippen LogP contribution in [0.2, 0.25) is 5.02 Å². The second-order valence-electron chi connectivity index (χ2n) is 9.69. The lowest BCUT2D eigenvalue weighted by Crippen LogP contribution is -2.25. The first kappa shape index (κ1) is 27.0. The molecule has 0 spiro atoms. The molecule has 2 aromatic carbocycles. The van der Waals surface area contributed by atoms with E-state index in [0.717, 1.165) is 18.4 Å². The average molecular weight is 527 g/mol. The van der Waals surface area contributed by atoms with Crippen LogP contribution in [0.1, 0.15) is 67.2 Å². The summed E-state index contributed by atoms with van der Waals surface area (Å²) in [6.45, 7) is 3.63. The van der Waals surface area contributed by atoms with E-state index in [1.54, 1.807) is 38.3 Å². The van der Waals surface area contributed by atoms with Crippen molar-refractivity contribution in [3.8, 4) is 22.8 Å². The molecule has 1 aromatic heterocycles. The van der Waals surface area contributed by atoms with Crippen LogP contribution in [0.3, 0.4) is 0 Å². The maximum atomic E-state index is 13.7. The first-order valence-corrected chi connectivity index (χ1v) is 12.7. The molecule has 37 heavy (non-hydrogen) atoms. The lowest BCUT2D eigenvalue weighted by molar-refractivity contribution is 0.0397. The number of ketones is 1. The van der Waals surface area contributed by atoms with Crippen molar-refractivity contribution in [2.75, 3.05) is 14.2 Å². The predicted octanol–water partition coefficient (Wildman–Crippen LogP) is 6.24. The van der Waals surface area contributed by atoms with Gasteiger partial charge in [0.05, 0.1) is 29.6 Å². The highest BCUT2D eigenvalue weighted by molar-refractivity contribution is 6.31. The van der Waals surface area contributed by atoms with Gasteiger partial charge in [0, 0.05) is 23.6 Å². The SMILES string of the molecule is CNC(C)c1cc(-c2ccc(F)c(Cl)c2)nc(C(C)(O)CCC(=O)c2ccc(OC3CC3)c(OC)c2)c1. The van der Waals surface area contributed by atoms with E-state index < -0.39 is 11.4 Å². The topological polar surface area (TPSA) is 80.7 Å². The average Bonchev–Trinajstić information content (AvgIpc) is 3.72. The van der Waals surface area contributed by atoms with Crippen molar-refractivity contribution in [3.63, 3.8) is 0 Å². The number of rotatable bonds is 11. The second kappa shape index (κ2) is 11.2. The Morgan fingerprint density at radius 1 is 1.22 bits per heavy atom. The monoisotopic (exact) mass is 526 g/mol. The molecule has 0 saturated heterocycles. The van der Waals surface area contributed by atoms with Gasteiger partial charge in [0.15, 0.2) is 17.3 Å². The first-order chi connectivity index (χ1) is 17.6. The van der Waals surface area contributed by atoms with Crippen molar-refractivity contribution in [3.05, 3.63) is 76.2 Å². The molecular formula is C29H32ClFN2O4. The van der Waals surface area contributed by atoms with Crippen LogP contribution >= 0.6 is 11.6 Å². The molecule has 196 valence electrons. The van der Waals surface area contributed by atoms with Gasteiger partial charge in [-0.3, -0.25) is 4.79 Å². The Labute approximate surface area is 221 Å². The Hall–Kier alpha value is -3.00. The Balaban J connectivity index is 1.56. The molecular weight excluding hydrogens is 495 g/mol. The van der Waals surface area contributed by atoms with Gasteiger partial charge in [-0.2, -0.15) is 0 Å². The standard InChI is InChI=1S/C29H32ClFN2O4/c1-17(32-3)20-14-24(18-5-9-23(31)22(30)13-18)33-28(16-20)29(2,35)12-11-25(34)19-6-10-26(27(15-19)36-4)37-21-7-8-21/h5-6,9-10,13-17,21,32,35H,7-8,11-12H2,1-4H3. The Bertz CT molecular complexity index is 1290. The fourth-order valence-corrected chi connectivity index (χ4v) is 4.16. The number of benzene rings is 2. The predicted molar refractivity (Wildman–Crippen MR) is 142 cm³/mol. The van der Waals surface area contributed by atoms with Crippen LogP contribution in [0.4, 0.5) is 4.39 Å². The fraction of sp³-hybridized carbons (Fsp3) is 0.379. The highest BCUT2D eigenvalue weighted by atomic mass is 35.5. The zero-order valence-corrected chi connectivity index (χ0v) is 22.2. The Morgan fingerprint density at radius 3 is 2.62 bits per heavy atom. The number of methoxy groups -OCH3 is 1. The minimum atomic E-state index is -1.39. The molecule has 4 rings (SSSR count). The van der Waals surface area contributed by atoms with E-state index in [2.05, 4.69) is 10.3 Å². The summed E-state index contributed by atoms with van der Waals surface area (Å²) in [7, 11) is 3.39. The molecule has 1 fully saturated rings. The highest BCUT2D eigenvalue weighted by Gasteiger charge is 2.29. The van der Waals surface area contributed by atoms with Crippen molar-refractivity contribution >= 4 is 17.4 Å². The molecule has 3 aromatic rings. The number of pyridine rings is 1. The summed E-state index contributed by atoms with van der Waals surface area (Å²) in [6, 6.07) is 13.2. The number of carbonyl (C=O) groups excluding carboxylic acids is 1. The van der Waals surface area contributed by atoms with Gasteiger partial charge in [0.25, 0.3) is 0 Å². The normalized spacial score (nSPS) is 15.6. The highest BCUT2D eigenvalue weighted by Crippen LogP contribution is 2.35. The quantitative estimate of drug-likeness (QED) is 0.288. The van der Waals surface area contributed by atoms with E-state index in [0.29, 0.717) is 34.0 Å². The summed E-state index contributed by atoms with van der Waals surface area (Å²) in [5.74, 6) is 0.505. The maximum Gasteiger partial charge on any atom is 0.163 e. The van der Waals surface area contributed by atoms with E-state index >= 15 is 0 Å². The van der Waals surface area contributed by atoms with Gasteiger partial charge in [-0.1, -0.05) is 11.6 Å². The van der Waals surface area contributed by atoms with Gasteiger partial charge in [0.1, 0.15) is 11.4 Å². The third kappa shape index (κ3) is 6.47. The smallest absolute Gasteiger partial charge is 0.163 e. The molecule has 2 N–H and O–H groups in total. The zero-order chi connectivity index (χ0) is 26.7. The molecule has 8 heteroatoms. The number of halogens is 2. The Morgan fingerprint density at radius 2 is 1.97 bits per heavy atom. The summed E-state index contributed by atoms with van der Waals surface area (Å²) in [4.78, 5) is 17.7. The minimum absolute atomic E-state index is 0.00532. The minimum Gasteiger partial charge on any atom is -0.493 e. The summed E-state index contributed by atoms with van der Waals surface area (Å²) in [5.41, 5.74) is 1.59. The van der Waals surface area contributed by atoms with E-state index in [4.69, 9.17) is 21.1 Å². The summed E-state index contributed by atoms with van der Waals surface area (Å²) in [6.07, 6.45) is 2.52. The van der Waals surface area contributed by atoms with Crippen molar-refractivity contribution in [1.29, 1.82) is 0 Å². The molecule has 0 amide bonds. The van der Waals surface area contributed by atoms with Crippen LogP contribution in [-0.4, -0.2) is 36.1 Å². The second-order valence-corrected chi connectivity index (χ2v) is 10.1. The van der Waals surface area contributed by atoms with E-state index in [-0.39, 0.29) is 35.8 Å². The third-order valence-corrected chi connectivity index (χ3v) is 6.98. The number of aliphatic hydroxyl groups is 1. The molecule has 2 atom stereocenters. The molecule has 1 aliphatic rings. The fourth-order valence-electron chi connectivity index (χ4n) is 3.98. The largest absolute Gasteiger partial charge is 0.493 e. The number of nitrogens with zero attached hydrogens (tertiary/aromatic N) is 1. The number of aromatic nitrogens is 1. The van der Waals surface area contributed by atoms with Crippen LogP contribution in [0, 0.1) is 5.82 Å². The van der Waals surface area contributed by atoms with E-state index in [1.807, 2.05) is 26.1 Å². The number of hydrogen-bond donors (Lipinski definition) is 2. The molecule has 0 radical (unpaired) electrons. The zero-order valence-electron chi connectivity index (χ0n) is 21.5. The van der Waals surface area contributed by atoms with Crippen LogP contribution in [0.15, 0.2) is 48.5 Å². The lowest BCUT2D eigenvalue weighted by atomic mass is 9.90. The number of Topliss-reactive ketones (excluding diaryl/α,β-unsaturated/α-hetero) is 1. The van der Waals surface area contributed by atoms with Gasteiger partial charge >= 0.3 is 0 Å². The summed E-state index contributed by atoms with van der Waals surface area (Å²) >= 11 is 6.01. The molecule has 6 nitrogen and oxygen atoms in total. The van der Waals surface area contributed by atoms with Crippen LogP contribution < -0.4 is 14.8 Å². The lowest BCUT2D eigenvalue weighted by Gasteiger charge is -2.25. The third-order valence-electron chi connectivity index (χ3n) is 6.69. The number of nitrogens with one attached hydrogen (secondary N) is 1. The summed E-state index contributed by atoms with van der Waals surface area (Å²) < 4.78 is 25.0. The first-order valence-electron chi connectivity index (χ1n) is 12.4. The van der Waals surface area contributed by atoms with Crippen molar-refractivity contribution in [1.82, 2.24) is 10.3 Å². The molecule has 2 unspecified atom stereocenters. The Kier molecular flexibility index (Phi) is 8.17. The number of hydrogen-bond acceptors (Lipinski definition) is 6. The summed E-state index contributed by atoms with van der Waals surface area (Å²) in [5, 5.41) is 14.6. The van der Waals surface area contributed by atoms with Gasteiger partial charge in [0.2, 0.25) is 0 Å². The van der Waals surface area contributed by atoms with Gasteiger partial charge in [-0.25, -0.2) is 9.37 Å². The van der Waals surface area contributed by atoms with Gasteiger partial charge in [-0.05, 0) is 94.3 Å². The molecule has 0 aliphatic heterocycles. The number of carbonyl (C=O) groups is 1. The van der Waals surface area contributed by atoms with Crippen molar-refractivity contribution < 1.29 is 23.8 Å². The van der Waals surface area contributed by atoms with E-state index in [1.165, 1.54) is 12.1 Å². The molecule has 1 aliphatic carbocycles. The van der Waals surface area contributed by atoms with Crippen LogP contribution in [0.25, 0.3) is 11.3 Å². The van der Waals surface area contributed by atoms with Gasteiger partial charge in [-0.15, -0.1) is 0 Å². The maximum absolute atomic E-state index is 13.7. The molecule has 1 heterocycles. The number of ether oxygens (including phenoxy) is 2. The molecule has 1 saturated carbocycles. The molecule has 0 bridgehead atoms. The van der Waals surface area contributed by atoms with Crippen molar-refractivity contribution in [2.24, 2.45) is 0 Å². The van der Waals surface area contributed by atoms with Crippen molar-refractivity contribution in [2.45, 2.75) is 57.3 Å².